The Morgan fingerprint density at radius 3 is 2.81 bits per heavy atom. The molecule has 1 aliphatic heterocycles. The Labute approximate surface area is 108 Å². The molecule has 0 saturated heterocycles. The minimum Gasteiger partial charge on any atom is -0.472 e. The smallest absolute Gasteiger partial charge is 0.382 e. The van der Waals surface area contributed by atoms with Gasteiger partial charge in [0, 0.05) is 17.6 Å². The second-order valence-electron chi connectivity index (χ2n) is 2.84. The number of carboxylic acids is 1. The van der Waals surface area contributed by atoms with Crippen molar-refractivity contribution in [2.45, 2.75) is 0 Å². The van der Waals surface area contributed by atoms with Crippen molar-refractivity contribution in [3.8, 4) is 23.3 Å². The van der Waals surface area contributed by atoms with E-state index < -0.39 is 5.97 Å². The number of benzene rings is 1. The van der Waals surface area contributed by atoms with Crippen LogP contribution in [-0.4, -0.2) is 17.9 Å². The first kappa shape index (κ1) is 11.3. The van der Waals surface area contributed by atoms with Crippen LogP contribution in [0.4, 0.5) is 0 Å². The molecular formula is C10H4Br2O4. The van der Waals surface area contributed by atoms with Gasteiger partial charge in [0.2, 0.25) is 6.79 Å². The molecule has 4 nitrogen and oxygen atoms in total. The molecule has 0 saturated carbocycles. The van der Waals surface area contributed by atoms with E-state index in [2.05, 4.69) is 37.8 Å². The first-order chi connectivity index (χ1) is 7.59. The molecule has 0 aromatic heterocycles. The van der Waals surface area contributed by atoms with Crippen molar-refractivity contribution in [1.29, 1.82) is 0 Å². The lowest BCUT2D eigenvalue weighted by molar-refractivity contribution is -0.130. The number of hydrogen-bond donors (Lipinski definition) is 1. The molecule has 16 heavy (non-hydrogen) atoms. The molecule has 0 fully saturated rings. The lowest BCUT2D eigenvalue weighted by Crippen LogP contribution is -1.93. The summed E-state index contributed by atoms with van der Waals surface area (Å²) in [6.45, 7) is 0.149. The molecule has 0 spiro atoms. The Hall–Kier alpha value is -1.19. The van der Waals surface area contributed by atoms with E-state index in [1.807, 2.05) is 5.92 Å². The molecule has 0 amide bonds. The average Bonchev–Trinajstić information content (AvgIpc) is 2.69. The Morgan fingerprint density at radius 2 is 2.12 bits per heavy atom. The summed E-state index contributed by atoms with van der Waals surface area (Å²) in [7, 11) is 0. The summed E-state index contributed by atoms with van der Waals surface area (Å²) in [5.41, 5.74) is 0.526. The molecule has 6 heteroatoms. The fourth-order valence-electron chi connectivity index (χ4n) is 1.19. The zero-order valence-corrected chi connectivity index (χ0v) is 10.9. The fourth-order valence-corrected chi connectivity index (χ4v) is 2.11. The van der Waals surface area contributed by atoms with Gasteiger partial charge in [0.1, 0.15) is 0 Å². The molecule has 1 aromatic rings. The van der Waals surface area contributed by atoms with Crippen LogP contribution >= 0.6 is 31.9 Å². The van der Waals surface area contributed by atoms with Gasteiger partial charge in [0.15, 0.2) is 11.5 Å². The molecule has 0 bridgehead atoms. The highest BCUT2D eigenvalue weighted by Crippen LogP contribution is 2.44. The summed E-state index contributed by atoms with van der Waals surface area (Å²) in [5, 5.41) is 8.47. The molecule has 1 aromatic carbocycles. The molecular weight excluding hydrogens is 344 g/mol. The topological polar surface area (TPSA) is 55.8 Å². The van der Waals surface area contributed by atoms with Crippen LogP contribution in [0.25, 0.3) is 0 Å². The number of carbonyl (C=O) groups is 1. The van der Waals surface area contributed by atoms with E-state index in [0.29, 0.717) is 26.0 Å². The Bertz CT molecular complexity index is 528. The van der Waals surface area contributed by atoms with Crippen molar-refractivity contribution in [2.75, 3.05) is 6.79 Å². The van der Waals surface area contributed by atoms with Gasteiger partial charge in [-0.05, 0) is 31.9 Å². The number of hydrogen-bond acceptors (Lipinski definition) is 3. The predicted octanol–water partition coefficient (Wildman–Crippen LogP) is 2.38. The zero-order chi connectivity index (χ0) is 11.7. The maximum absolute atomic E-state index is 10.3. The molecule has 1 N–H and O–H groups in total. The van der Waals surface area contributed by atoms with Gasteiger partial charge >= 0.3 is 5.97 Å². The zero-order valence-electron chi connectivity index (χ0n) is 7.71. The van der Waals surface area contributed by atoms with E-state index in [0.717, 1.165) is 0 Å². The van der Waals surface area contributed by atoms with Gasteiger partial charge in [-0.3, -0.25) is 0 Å². The van der Waals surface area contributed by atoms with Crippen molar-refractivity contribution in [3.05, 3.63) is 20.6 Å². The van der Waals surface area contributed by atoms with Crippen LogP contribution in [0.5, 0.6) is 11.5 Å². The van der Waals surface area contributed by atoms with Gasteiger partial charge < -0.3 is 14.6 Å². The fraction of sp³-hybridized carbons (Fsp3) is 0.100. The van der Waals surface area contributed by atoms with Crippen molar-refractivity contribution >= 4 is 37.8 Å². The van der Waals surface area contributed by atoms with Crippen molar-refractivity contribution in [3.63, 3.8) is 0 Å². The summed E-state index contributed by atoms with van der Waals surface area (Å²) in [6.07, 6.45) is 0. The monoisotopic (exact) mass is 346 g/mol. The normalized spacial score (nSPS) is 11.9. The highest BCUT2D eigenvalue weighted by atomic mass is 79.9. The summed E-state index contributed by atoms with van der Waals surface area (Å²) in [6, 6.07) is 1.63. The van der Waals surface area contributed by atoms with Crippen LogP contribution < -0.4 is 9.47 Å². The number of aliphatic carboxylic acids is 1. The highest BCUT2D eigenvalue weighted by Gasteiger charge is 2.21. The lowest BCUT2D eigenvalue weighted by Gasteiger charge is -2.03. The van der Waals surface area contributed by atoms with Crippen LogP contribution in [0.1, 0.15) is 5.56 Å². The standard InChI is InChI=1S/C10H4Br2O4/c11-8-5(1-2-7(13)14)3-6-10(9(8)12)16-4-15-6/h3H,4H2,(H,13,14). The van der Waals surface area contributed by atoms with E-state index in [9.17, 15) is 4.79 Å². The third-order valence-corrected chi connectivity index (χ3v) is 3.96. The van der Waals surface area contributed by atoms with Crippen LogP contribution in [0, 0.1) is 11.8 Å². The van der Waals surface area contributed by atoms with E-state index in [1.165, 1.54) is 0 Å². The summed E-state index contributed by atoms with van der Waals surface area (Å²) in [5.74, 6) is 4.52. The Kier molecular flexibility index (Phi) is 3.08. The number of carboxylic acid groups (broad SMARTS) is 1. The van der Waals surface area contributed by atoms with Gasteiger partial charge in [-0.2, -0.15) is 0 Å². The minimum atomic E-state index is -1.18. The maximum atomic E-state index is 10.3. The van der Waals surface area contributed by atoms with Crippen molar-refractivity contribution in [1.82, 2.24) is 0 Å². The van der Waals surface area contributed by atoms with Crippen molar-refractivity contribution < 1.29 is 19.4 Å². The number of ether oxygens (including phenoxy) is 2. The van der Waals surface area contributed by atoms with Gasteiger partial charge in [0.25, 0.3) is 0 Å². The van der Waals surface area contributed by atoms with Gasteiger partial charge in [-0.1, -0.05) is 5.92 Å². The summed E-state index contributed by atoms with van der Waals surface area (Å²) < 4.78 is 11.7. The Balaban J connectivity index is 2.53. The number of rotatable bonds is 0. The molecule has 2 rings (SSSR count). The predicted molar refractivity (Wildman–Crippen MR) is 62.5 cm³/mol. The van der Waals surface area contributed by atoms with Crippen LogP contribution in [0.3, 0.4) is 0 Å². The molecule has 82 valence electrons. The van der Waals surface area contributed by atoms with Gasteiger partial charge in [0.05, 0.1) is 8.95 Å². The van der Waals surface area contributed by atoms with Crippen LogP contribution in [0.2, 0.25) is 0 Å². The quantitative estimate of drug-likeness (QED) is 0.732. The highest BCUT2D eigenvalue weighted by molar-refractivity contribution is 9.13. The molecule has 0 radical (unpaired) electrons. The van der Waals surface area contributed by atoms with E-state index >= 15 is 0 Å². The SMILES string of the molecule is O=C(O)C#Cc1cc2c(c(Br)c1Br)OCO2. The minimum absolute atomic E-state index is 0.149. The van der Waals surface area contributed by atoms with Crippen molar-refractivity contribution in [2.24, 2.45) is 0 Å². The van der Waals surface area contributed by atoms with E-state index in [1.54, 1.807) is 6.07 Å². The molecule has 1 heterocycles. The van der Waals surface area contributed by atoms with Crippen LogP contribution in [-0.2, 0) is 4.79 Å². The van der Waals surface area contributed by atoms with Gasteiger partial charge in [-0.25, -0.2) is 4.79 Å². The summed E-state index contributed by atoms with van der Waals surface area (Å²) in [4.78, 5) is 10.3. The molecule has 1 aliphatic rings. The first-order valence-corrected chi connectivity index (χ1v) is 5.70. The third-order valence-electron chi connectivity index (χ3n) is 1.85. The largest absolute Gasteiger partial charge is 0.472 e. The number of fused-ring (bicyclic) bond motifs is 1. The average molecular weight is 348 g/mol. The van der Waals surface area contributed by atoms with Gasteiger partial charge in [-0.15, -0.1) is 0 Å². The summed E-state index contributed by atoms with van der Waals surface area (Å²) >= 11 is 6.63. The van der Waals surface area contributed by atoms with Crippen LogP contribution in [0.15, 0.2) is 15.0 Å². The van der Waals surface area contributed by atoms with E-state index in [-0.39, 0.29) is 6.79 Å². The first-order valence-electron chi connectivity index (χ1n) is 4.12. The Morgan fingerprint density at radius 1 is 1.38 bits per heavy atom. The number of halogens is 2. The second-order valence-corrected chi connectivity index (χ2v) is 4.43. The molecule has 0 atom stereocenters. The molecule has 0 unspecified atom stereocenters. The third kappa shape index (κ3) is 2.01. The second kappa shape index (κ2) is 4.36. The maximum Gasteiger partial charge on any atom is 0.382 e. The molecule has 0 aliphatic carbocycles. The lowest BCUT2D eigenvalue weighted by atomic mass is 10.2. The van der Waals surface area contributed by atoms with E-state index in [4.69, 9.17) is 14.6 Å².